The Morgan fingerprint density at radius 2 is 2.12 bits per heavy atom. The summed E-state index contributed by atoms with van der Waals surface area (Å²) in [6.07, 6.45) is 1.07. The second kappa shape index (κ2) is 4.76. The molecule has 1 saturated carbocycles. The van der Waals surface area contributed by atoms with Crippen LogP contribution in [0, 0.1) is 11.3 Å². The molecule has 0 saturated heterocycles. The summed E-state index contributed by atoms with van der Waals surface area (Å²) < 4.78 is 0. The van der Waals surface area contributed by atoms with Gasteiger partial charge in [-0.05, 0) is 25.7 Å². The number of ketones is 2. The molecule has 0 heterocycles. The van der Waals surface area contributed by atoms with Crippen LogP contribution in [0.1, 0.15) is 40.5 Å². The van der Waals surface area contributed by atoms with E-state index in [1.165, 1.54) is 6.92 Å². The topological polar surface area (TPSA) is 55.7 Å². The van der Waals surface area contributed by atoms with Gasteiger partial charge in [0.15, 0.2) is 0 Å². The van der Waals surface area contributed by atoms with Crippen LogP contribution in [0.25, 0.3) is 0 Å². The molecule has 0 aliphatic heterocycles. The van der Waals surface area contributed by atoms with Crippen LogP contribution in [0.15, 0.2) is 5.16 Å². The zero-order valence-corrected chi connectivity index (χ0v) is 10.4. The van der Waals surface area contributed by atoms with Crippen LogP contribution in [0.5, 0.6) is 0 Å². The van der Waals surface area contributed by atoms with E-state index < -0.39 is 5.92 Å². The lowest BCUT2D eigenvalue weighted by Gasteiger charge is -2.32. The standard InChI is InChI=1S/C12H19NO3/c1-5-16-13-9-6-12(3,4)7-10(15)11(9)8(2)14/h11H,5-7H2,1-4H3/b13-9+. The molecule has 16 heavy (non-hydrogen) atoms. The summed E-state index contributed by atoms with van der Waals surface area (Å²) in [4.78, 5) is 28.3. The monoisotopic (exact) mass is 225 g/mol. The predicted octanol–water partition coefficient (Wildman–Crippen LogP) is 1.97. The Bertz CT molecular complexity index is 331. The van der Waals surface area contributed by atoms with Crippen LogP contribution in [0.3, 0.4) is 0 Å². The Morgan fingerprint density at radius 3 is 2.62 bits per heavy atom. The molecule has 4 heteroatoms. The smallest absolute Gasteiger partial charge is 0.149 e. The summed E-state index contributed by atoms with van der Waals surface area (Å²) >= 11 is 0. The van der Waals surface area contributed by atoms with Gasteiger partial charge in [0.25, 0.3) is 0 Å². The molecule has 1 aliphatic rings. The number of carbonyl (C=O) groups is 2. The van der Waals surface area contributed by atoms with Crippen molar-refractivity contribution in [3.8, 4) is 0 Å². The molecule has 0 radical (unpaired) electrons. The van der Waals surface area contributed by atoms with Crippen LogP contribution in [-0.4, -0.2) is 23.9 Å². The minimum atomic E-state index is -0.681. The van der Waals surface area contributed by atoms with Crippen molar-refractivity contribution in [2.45, 2.75) is 40.5 Å². The molecule has 1 fully saturated rings. The fourth-order valence-electron chi connectivity index (χ4n) is 2.11. The highest BCUT2D eigenvalue weighted by molar-refractivity contribution is 6.21. The largest absolute Gasteiger partial charge is 0.396 e. The number of carbonyl (C=O) groups excluding carboxylic acids is 2. The molecule has 1 rings (SSSR count). The first kappa shape index (κ1) is 12.9. The molecule has 1 atom stereocenters. The highest BCUT2D eigenvalue weighted by Crippen LogP contribution is 2.34. The minimum Gasteiger partial charge on any atom is -0.396 e. The average Bonchev–Trinajstić information content (AvgIpc) is 2.10. The highest BCUT2D eigenvalue weighted by atomic mass is 16.6. The number of nitrogens with zero attached hydrogens (tertiary/aromatic N) is 1. The predicted molar refractivity (Wildman–Crippen MR) is 61.3 cm³/mol. The van der Waals surface area contributed by atoms with Crippen molar-refractivity contribution in [3.05, 3.63) is 0 Å². The van der Waals surface area contributed by atoms with Crippen molar-refractivity contribution in [2.75, 3.05) is 6.61 Å². The first-order chi connectivity index (χ1) is 7.37. The molecule has 0 bridgehead atoms. The third kappa shape index (κ3) is 2.90. The van der Waals surface area contributed by atoms with Gasteiger partial charge in [0.1, 0.15) is 24.1 Å². The summed E-state index contributed by atoms with van der Waals surface area (Å²) in [6.45, 7) is 7.71. The van der Waals surface area contributed by atoms with Crippen molar-refractivity contribution < 1.29 is 14.4 Å². The molecule has 0 N–H and O–H groups in total. The van der Waals surface area contributed by atoms with Gasteiger partial charge >= 0.3 is 0 Å². The molecular weight excluding hydrogens is 206 g/mol. The van der Waals surface area contributed by atoms with Gasteiger partial charge in [-0.3, -0.25) is 9.59 Å². The fraction of sp³-hybridized carbons (Fsp3) is 0.750. The summed E-state index contributed by atoms with van der Waals surface area (Å²) in [5, 5.41) is 3.93. The Hall–Kier alpha value is -1.19. The molecule has 0 aromatic rings. The zero-order valence-electron chi connectivity index (χ0n) is 10.4. The number of oxime groups is 1. The van der Waals surface area contributed by atoms with Crippen LogP contribution < -0.4 is 0 Å². The Morgan fingerprint density at radius 1 is 1.50 bits per heavy atom. The van der Waals surface area contributed by atoms with E-state index in [9.17, 15) is 9.59 Å². The summed E-state index contributed by atoms with van der Waals surface area (Å²) in [6, 6.07) is 0. The molecule has 4 nitrogen and oxygen atoms in total. The SMILES string of the molecule is CCO/N=C1\CC(C)(C)CC(=O)C1C(C)=O. The number of Topliss-reactive ketones (excluding diaryl/α,β-unsaturated/α-hetero) is 2. The van der Waals surface area contributed by atoms with Gasteiger partial charge in [-0.1, -0.05) is 19.0 Å². The highest BCUT2D eigenvalue weighted by Gasteiger charge is 2.40. The Kier molecular flexibility index (Phi) is 3.83. The molecule has 1 unspecified atom stereocenters. The lowest BCUT2D eigenvalue weighted by molar-refractivity contribution is -0.131. The lowest BCUT2D eigenvalue weighted by Crippen LogP contribution is -2.41. The van der Waals surface area contributed by atoms with Gasteiger partial charge in [0.05, 0.1) is 5.71 Å². The molecule has 90 valence electrons. The molecule has 0 amide bonds. The normalized spacial score (nSPS) is 26.9. The first-order valence-corrected chi connectivity index (χ1v) is 5.59. The molecule has 0 aromatic carbocycles. The average molecular weight is 225 g/mol. The second-order valence-electron chi connectivity index (χ2n) is 5.03. The van der Waals surface area contributed by atoms with E-state index in [1.807, 2.05) is 20.8 Å². The van der Waals surface area contributed by atoms with Crippen molar-refractivity contribution in [3.63, 3.8) is 0 Å². The van der Waals surface area contributed by atoms with Gasteiger partial charge in [0.2, 0.25) is 0 Å². The van der Waals surface area contributed by atoms with E-state index in [-0.39, 0.29) is 17.0 Å². The Labute approximate surface area is 96.0 Å². The van der Waals surface area contributed by atoms with E-state index in [2.05, 4.69) is 5.16 Å². The first-order valence-electron chi connectivity index (χ1n) is 5.59. The third-order valence-electron chi connectivity index (χ3n) is 2.69. The van der Waals surface area contributed by atoms with Crippen LogP contribution in [0.4, 0.5) is 0 Å². The van der Waals surface area contributed by atoms with E-state index >= 15 is 0 Å². The van der Waals surface area contributed by atoms with Crippen molar-refractivity contribution in [2.24, 2.45) is 16.5 Å². The fourth-order valence-corrected chi connectivity index (χ4v) is 2.11. The van der Waals surface area contributed by atoms with Gasteiger partial charge in [-0.2, -0.15) is 0 Å². The summed E-state index contributed by atoms with van der Waals surface area (Å²) in [7, 11) is 0. The number of rotatable bonds is 3. The van der Waals surface area contributed by atoms with E-state index in [1.54, 1.807) is 0 Å². The maximum absolute atomic E-state index is 11.9. The van der Waals surface area contributed by atoms with Crippen LogP contribution in [0.2, 0.25) is 0 Å². The van der Waals surface area contributed by atoms with Gasteiger partial charge in [0, 0.05) is 6.42 Å². The maximum atomic E-state index is 11.9. The molecule has 0 spiro atoms. The third-order valence-corrected chi connectivity index (χ3v) is 2.69. The summed E-state index contributed by atoms with van der Waals surface area (Å²) in [5.74, 6) is -0.860. The molecular formula is C12H19NO3. The Balaban J connectivity index is 2.97. The lowest BCUT2D eigenvalue weighted by atomic mass is 9.70. The number of hydrogen-bond acceptors (Lipinski definition) is 4. The zero-order chi connectivity index (χ0) is 12.3. The van der Waals surface area contributed by atoms with Crippen molar-refractivity contribution in [1.82, 2.24) is 0 Å². The van der Waals surface area contributed by atoms with Crippen molar-refractivity contribution in [1.29, 1.82) is 0 Å². The van der Waals surface area contributed by atoms with Crippen LogP contribution in [-0.2, 0) is 14.4 Å². The summed E-state index contributed by atoms with van der Waals surface area (Å²) in [5.41, 5.74) is 0.453. The number of hydrogen-bond donors (Lipinski definition) is 0. The molecule has 0 aromatic heterocycles. The van der Waals surface area contributed by atoms with Crippen molar-refractivity contribution >= 4 is 17.3 Å². The minimum absolute atomic E-state index is 0.0396. The van der Waals surface area contributed by atoms with E-state index in [0.29, 0.717) is 25.2 Å². The quantitative estimate of drug-likeness (QED) is 0.545. The van der Waals surface area contributed by atoms with Gasteiger partial charge in [-0.25, -0.2) is 0 Å². The maximum Gasteiger partial charge on any atom is 0.149 e. The van der Waals surface area contributed by atoms with E-state index in [4.69, 9.17) is 4.84 Å². The second-order valence-corrected chi connectivity index (χ2v) is 5.03. The van der Waals surface area contributed by atoms with Crippen LogP contribution >= 0.6 is 0 Å². The van der Waals surface area contributed by atoms with E-state index in [0.717, 1.165) is 0 Å². The van der Waals surface area contributed by atoms with Gasteiger partial charge < -0.3 is 4.84 Å². The van der Waals surface area contributed by atoms with Gasteiger partial charge in [-0.15, -0.1) is 0 Å². The molecule has 1 aliphatic carbocycles.